The first-order valence-corrected chi connectivity index (χ1v) is 8.10. The van der Waals surface area contributed by atoms with Gasteiger partial charge in [-0.25, -0.2) is 4.39 Å². The van der Waals surface area contributed by atoms with Crippen LogP contribution in [0.25, 0.3) is 0 Å². The van der Waals surface area contributed by atoms with Crippen LogP contribution in [0.5, 0.6) is 0 Å². The third-order valence-corrected chi connectivity index (χ3v) is 4.25. The third kappa shape index (κ3) is 4.42. The number of nitrogens with one attached hydrogen (secondary N) is 1. The monoisotopic (exact) mass is 329 g/mol. The molecule has 0 aliphatic carbocycles. The first-order chi connectivity index (χ1) is 11.3. The molecule has 3 nitrogen and oxygen atoms in total. The standard InChI is InChI=1S/C20H24FNO2/c1-14(12-18(23)15-8-5-4-6-9-15)22-19(24)20(2,3)16-10-7-11-17(21)13-16/h4-11,13-14,18,23H,12H2,1-3H3,(H,22,24). The molecule has 2 rings (SSSR count). The first-order valence-electron chi connectivity index (χ1n) is 8.10. The molecule has 0 fully saturated rings. The Morgan fingerprint density at radius 2 is 1.83 bits per heavy atom. The van der Waals surface area contributed by atoms with Crippen molar-refractivity contribution >= 4 is 5.91 Å². The lowest BCUT2D eigenvalue weighted by Crippen LogP contribution is -2.44. The lowest BCUT2D eigenvalue weighted by Gasteiger charge is -2.27. The van der Waals surface area contributed by atoms with Crippen LogP contribution in [0.2, 0.25) is 0 Å². The van der Waals surface area contributed by atoms with Crippen molar-refractivity contribution in [3.8, 4) is 0 Å². The van der Waals surface area contributed by atoms with Crippen LogP contribution in [0.4, 0.5) is 4.39 Å². The Labute approximate surface area is 142 Å². The molecule has 0 aliphatic heterocycles. The van der Waals surface area contributed by atoms with Crippen LogP contribution in [-0.2, 0) is 10.2 Å². The Morgan fingerprint density at radius 1 is 1.17 bits per heavy atom. The number of aliphatic hydroxyl groups excluding tert-OH is 1. The highest BCUT2D eigenvalue weighted by atomic mass is 19.1. The quantitative estimate of drug-likeness (QED) is 0.848. The summed E-state index contributed by atoms with van der Waals surface area (Å²) in [6.45, 7) is 5.38. The van der Waals surface area contributed by atoms with Crippen LogP contribution in [0, 0.1) is 5.82 Å². The fourth-order valence-electron chi connectivity index (χ4n) is 2.62. The zero-order valence-corrected chi connectivity index (χ0v) is 14.3. The maximum absolute atomic E-state index is 13.4. The van der Waals surface area contributed by atoms with Gasteiger partial charge < -0.3 is 10.4 Å². The van der Waals surface area contributed by atoms with E-state index in [4.69, 9.17) is 0 Å². The number of rotatable bonds is 6. The van der Waals surface area contributed by atoms with E-state index in [1.165, 1.54) is 12.1 Å². The summed E-state index contributed by atoms with van der Waals surface area (Å²) in [5, 5.41) is 13.2. The summed E-state index contributed by atoms with van der Waals surface area (Å²) < 4.78 is 13.4. The van der Waals surface area contributed by atoms with Gasteiger partial charge in [0.05, 0.1) is 11.5 Å². The molecule has 0 heterocycles. The van der Waals surface area contributed by atoms with E-state index in [-0.39, 0.29) is 17.8 Å². The van der Waals surface area contributed by atoms with Crippen molar-refractivity contribution in [2.24, 2.45) is 0 Å². The van der Waals surface area contributed by atoms with Crippen LogP contribution in [0.15, 0.2) is 54.6 Å². The summed E-state index contributed by atoms with van der Waals surface area (Å²) in [5.74, 6) is -0.554. The fourth-order valence-corrected chi connectivity index (χ4v) is 2.62. The molecule has 0 aromatic heterocycles. The molecule has 0 saturated carbocycles. The third-order valence-electron chi connectivity index (χ3n) is 4.25. The van der Waals surface area contributed by atoms with Gasteiger partial charge in [-0.1, -0.05) is 42.5 Å². The van der Waals surface area contributed by atoms with Crippen molar-refractivity contribution < 1.29 is 14.3 Å². The summed E-state index contributed by atoms with van der Waals surface area (Å²) in [7, 11) is 0. The highest BCUT2D eigenvalue weighted by Gasteiger charge is 2.31. The highest BCUT2D eigenvalue weighted by molar-refractivity contribution is 5.87. The van der Waals surface area contributed by atoms with Gasteiger partial charge in [0.1, 0.15) is 5.82 Å². The van der Waals surface area contributed by atoms with E-state index < -0.39 is 11.5 Å². The Bertz CT molecular complexity index is 685. The molecule has 0 saturated heterocycles. The Kier molecular flexibility index (Phi) is 5.73. The van der Waals surface area contributed by atoms with Gasteiger partial charge in [0.15, 0.2) is 0 Å². The predicted molar refractivity (Wildman–Crippen MR) is 93.0 cm³/mol. The molecule has 128 valence electrons. The van der Waals surface area contributed by atoms with E-state index in [1.807, 2.05) is 37.3 Å². The Balaban J connectivity index is 2.00. The zero-order chi connectivity index (χ0) is 17.7. The molecule has 0 spiro atoms. The molecule has 0 radical (unpaired) electrons. The van der Waals surface area contributed by atoms with Crippen molar-refractivity contribution in [3.63, 3.8) is 0 Å². The molecular formula is C20H24FNO2. The predicted octanol–water partition coefficient (Wildman–Crippen LogP) is 3.73. The smallest absolute Gasteiger partial charge is 0.230 e. The van der Waals surface area contributed by atoms with Crippen LogP contribution in [0.1, 0.15) is 44.4 Å². The molecule has 1 amide bonds. The molecule has 0 bridgehead atoms. The van der Waals surface area contributed by atoms with Crippen LogP contribution in [0.3, 0.4) is 0 Å². The first kappa shape index (κ1) is 18.1. The summed E-state index contributed by atoms with van der Waals surface area (Å²) in [4.78, 5) is 12.6. The maximum atomic E-state index is 13.4. The minimum atomic E-state index is -0.853. The zero-order valence-electron chi connectivity index (χ0n) is 14.3. The van der Waals surface area contributed by atoms with Crippen molar-refractivity contribution in [1.82, 2.24) is 5.32 Å². The van der Waals surface area contributed by atoms with Crippen LogP contribution in [-0.4, -0.2) is 17.1 Å². The SMILES string of the molecule is CC(CC(O)c1ccccc1)NC(=O)C(C)(C)c1cccc(F)c1. The van der Waals surface area contributed by atoms with E-state index in [9.17, 15) is 14.3 Å². The van der Waals surface area contributed by atoms with Crippen molar-refractivity contribution in [1.29, 1.82) is 0 Å². The van der Waals surface area contributed by atoms with Gasteiger partial charge in [-0.2, -0.15) is 0 Å². The summed E-state index contributed by atoms with van der Waals surface area (Å²) in [6, 6.07) is 15.2. The van der Waals surface area contributed by atoms with E-state index in [2.05, 4.69) is 5.32 Å². The minimum Gasteiger partial charge on any atom is -0.388 e. The topological polar surface area (TPSA) is 49.3 Å². The molecule has 24 heavy (non-hydrogen) atoms. The van der Waals surface area contributed by atoms with Gasteiger partial charge in [-0.15, -0.1) is 0 Å². The van der Waals surface area contributed by atoms with Crippen molar-refractivity contribution in [2.45, 2.75) is 44.8 Å². The number of aliphatic hydroxyl groups is 1. The average molecular weight is 329 g/mol. The van der Waals surface area contributed by atoms with E-state index >= 15 is 0 Å². The van der Waals surface area contributed by atoms with Gasteiger partial charge in [0.25, 0.3) is 0 Å². The number of amides is 1. The fraction of sp³-hybridized carbons (Fsp3) is 0.350. The van der Waals surface area contributed by atoms with E-state index in [0.29, 0.717) is 12.0 Å². The minimum absolute atomic E-state index is 0.194. The van der Waals surface area contributed by atoms with E-state index in [0.717, 1.165) is 5.56 Å². The highest BCUT2D eigenvalue weighted by Crippen LogP contribution is 2.25. The summed E-state index contributed by atoms with van der Waals surface area (Å²) >= 11 is 0. The summed E-state index contributed by atoms with van der Waals surface area (Å²) in [6.07, 6.45) is -0.228. The van der Waals surface area contributed by atoms with Gasteiger partial charge in [0.2, 0.25) is 5.91 Å². The second-order valence-corrected chi connectivity index (χ2v) is 6.67. The molecule has 0 aliphatic rings. The lowest BCUT2D eigenvalue weighted by molar-refractivity contribution is -0.126. The number of halogens is 1. The number of hydrogen-bond acceptors (Lipinski definition) is 2. The largest absolute Gasteiger partial charge is 0.388 e. The normalized spacial score (nSPS) is 14.0. The average Bonchev–Trinajstić information content (AvgIpc) is 2.55. The summed E-state index contributed by atoms with van der Waals surface area (Å²) in [5.41, 5.74) is 0.590. The van der Waals surface area contributed by atoms with Crippen LogP contribution < -0.4 is 5.32 Å². The Morgan fingerprint density at radius 3 is 2.46 bits per heavy atom. The van der Waals surface area contributed by atoms with Crippen LogP contribution >= 0.6 is 0 Å². The molecule has 2 aromatic carbocycles. The molecule has 2 unspecified atom stereocenters. The number of hydrogen-bond donors (Lipinski definition) is 2. The number of benzene rings is 2. The van der Waals surface area contributed by atoms with Crippen molar-refractivity contribution in [3.05, 3.63) is 71.5 Å². The van der Waals surface area contributed by atoms with Gasteiger partial charge in [-0.05, 0) is 50.5 Å². The van der Waals surface area contributed by atoms with Crippen molar-refractivity contribution in [2.75, 3.05) is 0 Å². The second-order valence-electron chi connectivity index (χ2n) is 6.67. The molecule has 2 aromatic rings. The molecule has 4 heteroatoms. The molecule has 2 N–H and O–H groups in total. The number of carbonyl (C=O) groups excluding carboxylic acids is 1. The van der Waals surface area contributed by atoms with E-state index in [1.54, 1.807) is 26.0 Å². The second kappa shape index (κ2) is 7.58. The molecule has 2 atom stereocenters. The Hall–Kier alpha value is -2.20. The maximum Gasteiger partial charge on any atom is 0.230 e. The molecular weight excluding hydrogens is 305 g/mol. The number of carbonyl (C=O) groups is 1. The lowest BCUT2D eigenvalue weighted by atomic mass is 9.83. The van der Waals surface area contributed by atoms with Gasteiger partial charge >= 0.3 is 0 Å². The van der Waals surface area contributed by atoms with Gasteiger partial charge in [0, 0.05) is 6.04 Å². The van der Waals surface area contributed by atoms with Gasteiger partial charge in [-0.3, -0.25) is 4.79 Å².